The van der Waals surface area contributed by atoms with E-state index in [-0.39, 0.29) is 24.3 Å². The third kappa shape index (κ3) is 5.90. The fourth-order valence-electron chi connectivity index (χ4n) is 4.04. The number of methoxy groups -OCH3 is 1. The fourth-order valence-corrected chi connectivity index (χ4v) is 4.04. The topological polar surface area (TPSA) is 99.0 Å². The van der Waals surface area contributed by atoms with Gasteiger partial charge in [-0.3, -0.25) is 4.90 Å². The molecular weight excluding hydrogens is 433 g/mol. The molecule has 0 spiro atoms. The number of hydrogen-bond acceptors (Lipinski definition) is 8. The van der Waals surface area contributed by atoms with Crippen LogP contribution in [0.15, 0.2) is 48.5 Å². The summed E-state index contributed by atoms with van der Waals surface area (Å²) in [6.45, 7) is 0.0630. The molecule has 0 saturated heterocycles. The maximum absolute atomic E-state index is 14.2. The first-order valence-electron chi connectivity index (χ1n) is 11.5. The molecule has 176 valence electrons. The van der Waals surface area contributed by atoms with E-state index < -0.39 is 5.82 Å². The molecule has 0 unspecified atom stereocenters. The molecule has 1 aromatic heterocycles. The van der Waals surface area contributed by atoms with Gasteiger partial charge in [-0.15, -0.1) is 0 Å². The highest BCUT2D eigenvalue weighted by Crippen LogP contribution is 2.27. The number of halogens is 1. The van der Waals surface area contributed by atoms with E-state index in [0.717, 1.165) is 31.4 Å². The maximum Gasteiger partial charge on any atom is 0.237 e. The van der Waals surface area contributed by atoms with Gasteiger partial charge in [0.15, 0.2) is 11.6 Å². The van der Waals surface area contributed by atoms with Gasteiger partial charge in [-0.25, -0.2) is 4.39 Å². The zero-order valence-corrected chi connectivity index (χ0v) is 19.2. The summed E-state index contributed by atoms with van der Waals surface area (Å²) in [5, 5.41) is 16.0. The quantitative estimate of drug-likeness (QED) is 0.332. The zero-order chi connectivity index (χ0) is 23.8. The van der Waals surface area contributed by atoms with Crippen LogP contribution in [0.1, 0.15) is 38.5 Å². The Hall–Kier alpha value is -3.93. The summed E-state index contributed by atoms with van der Waals surface area (Å²) in [6, 6.07) is 16.5. The molecule has 1 aliphatic rings. The van der Waals surface area contributed by atoms with E-state index in [0.29, 0.717) is 17.6 Å². The molecule has 4 rings (SSSR count). The summed E-state index contributed by atoms with van der Waals surface area (Å²) in [5.74, 6) is 0.669. The molecular formula is C25H28FN7O. The van der Waals surface area contributed by atoms with Crippen molar-refractivity contribution in [2.75, 3.05) is 29.2 Å². The van der Waals surface area contributed by atoms with Crippen LogP contribution in [0.5, 0.6) is 5.75 Å². The predicted molar refractivity (Wildman–Crippen MR) is 130 cm³/mol. The molecule has 1 aliphatic carbocycles. The molecule has 1 fully saturated rings. The lowest BCUT2D eigenvalue weighted by molar-refractivity contribution is 0.386. The summed E-state index contributed by atoms with van der Waals surface area (Å²) in [4.78, 5) is 15.5. The minimum Gasteiger partial charge on any atom is -0.494 e. The Kier molecular flexibility index (Phi) is 7.71. The van der Waals surface area contributed by atoms with E-state index in [1.54, 1.807) is 11.0 Å². The number of nitrogens with zero attached hydrogens (tertiary/aromatic N) is 5. The van der Waals surface area contributed by atoms with Gasteiger partial charge in [0.25, 0.3) is 0 Å². The van der Waals surface area contributed by atoms with Gasteiger partial charge in [0.2, 0.25) is 17.8 Å². The average molecular weight is 462 g/mol. The SMILES string of the molecule is COc1ccc(Nc2nc(NC3CCCCCC3)nc(N(CC#N)c3ccccc3)n2)cc1F. The largest absolute Gasteiger partial charge is 0.494 e. The number of rotatable bonds is 8. The lowest BCUT2D eigenvalue weighted by Gasteiger charge is -2.22. The maximum atomic E-state index is 14.2. The smallest absolute Gasteiger partial charge is 0.237 e. The van der Waals surface area contributed by atoms with E-state index >= 15 is 0 Å². The van der Waals surface area contributed by atoms with Gasteiger partial charge in [0, 0.05) is 23.5 Å². The first kappa shape index (κ1) is 23.2. The van der Waals surface area contributed by atoms with Crippen LogP contribution in [0.2, 0.25) is 0 Å². The van der Waals surface area contributed by atoms with Crippen molar-refractivity contribution in [1.82, 2.24) is 15.0 Å². The highest BCUT2D eigenvalue weighted by atomic mass is 19.1. The van der Waals surface area contributed by atoms with Gasteiger partial charge in [-0.05, 0) is 37.1 Å². The lowest BCUT2D eigenvalue weighted by Crippen LogP contribution is -2.24. The van der Waals surface area contributed by atoms with Gasteiger partial charge in [-0.1, -0.05) is 43.9 Å². The second-order valence-electron chi connectivity index (χ2n) is 8.17. The zero-order valence-electron chi connectivity index (χ0n) is 19.2. The van der Waals surface area contributed by atoms with Crippen molar-refractivity contribution in [1.29, 1.82) is 5.26 Å². The highest BCUT2D eigenvalue weighted by Gasteiger charge is 2.19. The Morgan fingerprint density at radius 2 is 1.76 bits per heavy atom. The molecule has 2 aromatic carbocycles. The standard InChI is InChI=1S/C25H28FN7O/c1-34-22-14-13-19(17-21(22)26)29-24-30-23(28-18-9-5-2-3-6-10-18)31-25(32-24)33(16-15-27)20-11-7-4-8-12-20/h4,7-8,11-14,17-18H,2-3,5-6,9-10,16H2,1H3,(H2,28,29,30,31,32). The molecule has 1 saturated carbocycles. The number of nitrogens with one attached hydrogen (secondary N) is 2. The summed E-state index contributed by atoms with van der Waals surface area (Å²) >= 11 is 0. The van der Waals surface area contributed by atoms with Gasteiger partial charge < -0.3 is 15.4 Å². The number of aromatic nitrogens is 3. The average Bonchev–Trinajstić information content (AvgIpc) is 3.12. The lowest BCUT2D eigenvalue weighted by atomic mass is 10.1. The first-order valence-corrected chi connectivity index (χ1v) is 11.5. The highest BCUT2D eigenvalue weighted by molar-refractivity contribution is 5.62. The van der Waals surface area contributed by atoms with Gasteiger partial charge in [-0.2, -0.15) is 20.2 Å². The minimum absolute atomic E-state index is 0.0630. The number of ether oxygens (including phenoxy) is 1. The van der Waals surface area contributed by atoms with Crippen LogP contribution in [-0.2, 0) is 0 Å². The molecule has 9 heteroatoms. The molecule has 0 bridgehead atoms. The van der Waals surface area contributed by atoms with Crippen LogP contribution in [0.4, 0.5) is 33.6 Å². The van der Waals surface area contributed by atoms with E-state index in [1.165, 1.54) is 32.1 Å². The number of para-hydroxylation sites is 1. The number of hydrogen-bond donors (Lipinski definition) is 2. The molecule has 2 N–H and O–H groups in total. The van der Waals surface area contributed by atoms with E-state index in [1.807, 2.05) is 30.3 Å². The molecule has 3 aromatic rings. The number of benzene rings is 2. The van der Waals surface area contributed by atoms with Crippen LogP contribution in [0.25, 0.3) is 0 Å². The van der Waals surface area contributed by atoms with Crippen LogP contribution < -0.4 is 20.3 Å². The van der Waals surface area contributed by atoms with Crippen molar-refractivity contribution in [3.63, 3.8) is 0 Å². The van der Waals surface area contributed by atoms with Crippen LogP contribution >= 0.6 is 0 Å². The van der Waals surface area contributed by atoms with Crippen molar-refractivity contribution in [2.24, 2.45) is 0 Å². The van der Waals surface area contributed by atoms with Crippen molar-refractivity contribution < 1.29 is 9.13 Å². The van der Waals surface area contributed by atoms with E-state index in [4.69, 9.17) is 4.74 Å². The Morgan fingerprint density at radius 1 is 1.03 bits per heavy atom. The molecule has 0 radical (unpaired) electrons. The van der Waals surface area contributed by atoms with Crippen LogP contribution in [-0.4, -0.2) is 34.6 Å². The molecule has 0 atom stereocenters. The van der Waals surface area contributed by atoms with Gasteiger partial charge in [0.1, 0.15) is 6.54 Å². The third-order valence-corrected chi connectivity index (χ3v) is 5.76. The predicted octanol–water partition coefficient (Wildman–Crippen LogP) is 5.56. The Morgan fingerprint density at radius 3 is 2.44 bits per heavy atom. The van der Waals surface area contributed by atoms with Crippen molar-refractivity contribution >= 4 is 29.2 Å². The Bertz CT molecular complexity index is 1130. The number of anilines is 5. The van der Waals surface area contributed by atoms with Gasteiger partial charge >= 0.3 is 0 Å². The van der Waals surface area contributed by atoms with Crippen molar-refractivity contribution in [2.45, 2.75) is 44.6 Å². The van der Waals surface area contributed by atoms with Crippen molar-refractivity contribution in [3.05, 3.63) is 54.3 Å². The second kappa shape index (κ2) is 11.3. The first-order chi connectivity index (χ1) is 16.7. The van der Waals surface area contributed by atoms with E-state index in [2.05, 4.69) is 31.7 Å². The molecule has 0 aliphatic heterocycles. The van der Waals surface area contributed by atoms with Crippen molar-refractivity contribution in [3.8, 4) is 11.8 Å². The van der Waals surface area contributed by atoms with E-state index in [9.17, 15) is 9.65 Å². The molecule has 34 heavy (non-hydrogen) atoms. The molecule has 8 nitrogen and oxygen atoms in total. The van der Waals surface area contributed by atoms with Gasteiger partial charge in [0.05, 0.1) is 13.2 Å². The second-order valence-corrected chi connectivity index (χ2v) is 8.17. The van der Waals surface area contributed by atoms with Crippen LogP contribution in [0, 0.1) is 17.1 Å². The Balaban J connectivity index is 1.69. The summed E-state index contributed by atoms with van der Waals surface area (Å²) in [5.41, 5.74) is 1.26. The normalized spacial score (nSPS) is 14.0. The Labute approximate surface area is 198 Å². The fraction of sp³-hybridized carbons (Fsp3) is 0.360. The third-order valence-electron chi connectivity index (χ3n) is 5.76. The summed E-state index contributed by atoms with van der Waals surface area (Å²) in [7, 11) is 1.42. The summed E-state index contributed by atoms with van der Waals surface area (Å²) in [6.07, 6.45) is 6.90. The minimum atomic E-state index is -0.492. The molecule has 0 amide bonds. The number of nitriles is 1. The van der Waals surface area contributed by atoms with Crippen LogP contribution in [0.3, 0.4) is 0 Å². The molecule has 1 heterocycles. The monoisotopic (exact) mass is 461 g/mol. The summed E-state index contributed by atoms with van der Waals surface area (Å²) < 4.78 is 19.2.